The minimum atomic E-state index is -0.346. The van der Waals surface area contributed by atoms with Crippen LogP contribution in [0.25, 0.3) is 0 Å². The SMILES string of the molecule is Cc1nc([C@@H]2CN(C(=O)Cc3ccsc3)CCO2)cc(=O)[nH]1. The lowest BCUT2D eigenvalue weighted by molar-refractivity contribution is -0.138. The van der Waals surface area contributed by atoms with Gasteiger partial charge in [0.05, 0.1) is 25.3 Å². The lowest BCUT2D eigenvalue weighted by atomic mass is 10.1. The zero-order chi connectivity index (χ0) is 15.5. The number of morpholine rings is 1. The molecule has 0 spiro atoms. The molecule has 22 heavy (non-hydrogen) atoms. The van der Waals surface area contributed by atoms with E-state index < -0.39 is 0 Å². The Morgan fingerprint density at radius 3 is 3.18 bits per heavy atom. The first-order valence-corrected chi connectivity index (χ1v) is 8.04. The molecule has 3 heterocycles. The second kappa shape index (κ2) is 6.41. The molecule has 6 nitrogen and oxygen atoms in total. The van der Waals surface area contributed by atoms with Crippen molar-refractivity contribution in [2.75, 3.05) is 19.7 Å². The fourth-order valence-electron chi connectivity index (χ4n) is 2.50. The average molecular weight is 319 g/mol. The van der Waals surface area contributed by atoms with Crippen LogP contribution >= 0.6 is 11.3 Å². The van der Waals surface area contributed by atoms with Gasteiger partial charge in [-0.2, -0.15) is 11.3 Å². The maximum Gasteiger partial charge on any atom is 0.251 e. The van der Waals surface area contributed by atoms with Crippen LogP contribution in [0.2, 0.25) is 0 Å². The van der Waals surface area contributed by atoms with Crippen molar-refractivity contribution in [1.82, 2.24) is 14.9 Å². The van der Waals surface area contributed by atoms with Gasteiger partial charge in [0, 0.05) is 12.6 Å². The van der Waals surface area contributed by atoms with Gasteiger partial charge in [-0.25, -0.2) is 4.98 Å². The van der Waals surface area contributed by atoms with Crippen LogP contribution in [-0.2, 0) is 16.0 Å². The fraction of sp³-hybridized carbons (Fsp3) is 0.400. The van der Waals surface area contributed by atoms with Crippen LogP contribution < -0.4 is 5.56 Å². The van der Waals surface area contributed by atoms with Gasteiger partial charge in [0.15, 0.2) is 0 Å². The molecule has 2 aromatic rings. The number of H-pyrrole nitrogens is 1. The molecule has 7 heteroatoms. The summed E-state index contributed by atoms with van der Waals surface area (Å²) in [6, 6.07) is 3.40. The predicted octanol–water partition coefficient (Wildman–Crippen LogP) is 1.28. The van der Waals surface area contributed by atoms with Crippen LogP contribution in [0.15, 0.2) is 27.7 Å². The molecule has 0 aromatic carbocycles. The largest absolute Gasteiger partial charge is 0.368 e. The highest BCUT2D eigenvalue weighted by atomic mass is 32.1. The van der Waals surface area contributed by atoms with E-state index in [1.807, 2.05) is 16.8 Å². The molecule has 0 unspecified atom stereocenters. The van der Waals surface area contributed by atoms with Crippen molar-refractivity contribution >= 4 is 17.2 Å². The molecule has 1 saturated heterocycles. The van der Waals surface area contributed by atoms with Gasteiger partial charge in [0.1, 0.15) is 11.9 Å². The molecule has 0 radical (unpaired) electrons. The van der Waals surface area contributed by atoms with E-state index in [4.69, 9.17) is 4.74 Å². The molecule has 1 amide bonds. The minimum absolute atomic E-state index is 0.0771. The maximum atomic E-state index is 12.4. The molecular formula is C15H17N3O3S. The summed E-state index contributed by atoms with van der Waals surface area (Å²) in [7, 11) is 0. The first-order chi connectivity index (χ1) is 10.6. The summed E-state index contributed by atoms with van der Waals surface area (Å²) < 4.78 is 5.68. The number of nitrogens with zero attached hydrogens (tertiary/aromatic N) is 2. The summed E-state index contributed by atoms with van der Waals surface area (Å²) in [5.41, 5.74) is 1.41. The Kier molecular flexibility index (Phi) is 4.35. The van der Waals surface area contributed by atoms with Gasteiger partial charge in [0.25, 0.3) is 5.56 Å². The average Bonchev–Trinajstić information content (AvgIpc) is 2.99. The van der Waals surface area contributed by atoms with Crippen molar-refractivity contribution in [1.29, 1.82) is 0 Å². The van der Waals surface area contributed by atoms with Crippen molar-refractivity contribution in [3.05, 3.63) is 50.3 Å². The molecule has 1 N–H and O–H groups in total. The molecule has 0 aliphatic carbocycles. The number of carbonyl (C=O) groups is 1. The summed E-state index contributed by atoms with van der Waals surface area (Å²) in [5, 5.41) is 3.95. The number of rotatable bonds is 3. The van der Waals surface area contributed by atoms with Gasteiger partial charge < -0.3 is 14.6 Å². The summed E-state index contributed by atoms with van der Waals surface area (Å²) >= 11 is 1.59. The van der Waals surface area contributed by atoms with Crippen LogP contribution in [0.3, 0.4) is 0 Å². The van der Waals surface area contributed by atoms with Crippen LogP contribution in [0.1, 0.15) is 23.2 Å². The Balaban J connectivity index is 1.71. The number of carbonyl (C=O) groups excluding carboxylic acids is 1. The molecule has 3 rings (SSSR count). The van der Waals surface area contributed by atoms with Crippen LogP contribution in [0.5, 0.6) is 0 Å². The Bertz CT molecular complexity index is 711. The number of hydrogen-bond donors (Lipinski definition) is 1. The van der Waals surface area contributed by atoms with Gasteiger partial charge >= 0.3 is 0 Å². The maximum absolute atomic E-state index is 12.4. The quantitative estimate of drug-likeness (QED) is 0.925. The minimum Gasteiger partial charge on any atom is -0.368 e. The predicted molar refractivity (Wildman–Crippen MR) is 82.9 cm³/mol. The van der Waals surface area contributed by atoms with Crippen molar-refractivity contribution in [2.45, 2.75) is 19.4 Å². The second-order valence-corrected chi connectivity index (χ2v) is 6.04. The summed E-state index contributed by atoms with van der Waals surface area (Å²) in [6.07, 6.45) is 0.0547. The number of nitrogens with one attached hydrogen (secondary N) is 1. The summed E-state index contributed by atoms with van der Waals surface area (Å²) in [4.78, 5) is 32.6. The number of thiophene rings is 1. The van der Waals surface area contributed by atoms with Crippen molar-refractivity contribution in [2.24, 2.45) is 0 Å². The van der Waals surface area contributed by atoms with E-state index in [0.717, 1.165) is 5.56 Å². The third-order valence-corrected chi connectivity index (χ3v) is 4.30. The smallest absolute Gasteiger partial charge is 0.251 e. The Morgan fingerprint density at radius 1 is 1.59 bits per heavy atom. The lowest BCUT2D eigenvalue weighted by Crippen LogP contribution is -2.43. The monoisotopic (exact) mass is 319 g/mol. The molecule has 2 aromatic heterocycles. The van der Waals surface area contributed by atoms with Crippen LogP contribution in [0.4, 0.5) is 0 Å². The standard InChI is InChI=1S/C15H17N3O3S/c1-10-16-12(7-14(19)17-10)13-8-18(3-4-21-13)15(20)6-11-2-5-22-9-11/h2,5,7,9,13H,3-4,6,8H2,1H3,(H,16,17,19)/t13-/m0/s1. The van der Waals surface area contributed by atoms with E-state index in [9.17, 15) is 9.59 Å². The number of aromatic nitrogens is 2. The molecule has 1 fully saturated rings. The fourth-order valence-corrected chi connectivity index (χ4v) is 3.17. The molecule has 0 bridgehead atoms. The van der Waals surface area contributed by atoms with E-state index in [2.05, 4.69) is 9.97 Å². The van der Waals surface area contributed by atoms with Crippen LogP contribution in [-0.4, -0.2) is 40.5 Å². The second-order valence-electron chi connectivity index (χ2n) is 5.26. The third kappa shape index (κ3) is 3.42. The van der Waals surface area contributed by atoms with Gasteiger partial charge in [0.2, 0.25) is 5.91 Å². The Morgan fingerprint density at radius 2 is 2.45 bits per heavy atom. The third-order valence-electron chi connectivity index (χ3n) is 3.56. The number of aryl methyl sites for hydroxylation is 1. The molecule has 116 valence electrons. The van der Waals surface area contributed by atoms with Gasteiger partial charge in [-0.05, 0) is 29.3 Å². The first-order valence-electron chi connectivity index (χ1n) is 7.10. The van der Waals surface area contributed by atoms with Gasteiger partial charge in [-0.15, -0.1) is 0 Å². The normalized spacial score (nSPS) is 18.4. The van der Waals surface area contributed by atoms with E-state index in [1.54, 1.807) is 23.2 Å². The first kappa shape index (κ1) is 14.9. The highest BCUT2D eigenvalue weighted by Crippen LogP contribution is 2.20. The summed E-state index contributed by atoms with van der Waals surface area (Å²) in [6.45, 7) is 3.18. The topological polar surface area (TPSA) is 75.3 Å². The van der Waals surface area contributed by atoms with Gasteiger partial charge in [-0.1, -0.05) is 0 Å². The van der Waals surface area contributed by atoms with Crippen LogP contribution in [0, 0.1) is 6.92 Å². The van der Waals surface area contributed by atoms with E-state index in [0.29, 0.717) is 37.6 Å². The molecule has 1 aliphatic heterocycles. The van der Waals surface area contributed by atoms with Crippen molar-refractivity contribution in [3.63, 3.8) is 0 Å². The summed E-state index contributed by atoms with van der Waals surface area (Å²) in [5.74, 6) is 0.626. The van der Waals surface area contributed by atoms with E-state index in [1.165, 1.54) is 6.07 Å². The zero-order valence-corrected chi connectivity index (χ0v) is 13.1. The highest BCUT2D eigenvalue weighted by Gasteiger charge is 2.26. The highest BCUT2D eigenvalue weighted by molar-refractivity contribution is 7.07. The van der Waals surface area contributed by atoms with E-state index >= 15 is 0 Å². The molecule has 0 saturated carbocycles. The van der Waals surface area contributed by atoms with E-state index in [-0.39, 0.29) is 17.6 Å². The lowest BCUT2D eigenvalue weighted by Gasteiger charge is -2.32. The Labute approximate surface area is 131 Å². The van der Waals surface area contributed by atoms with Gasteiger partial charge in [-0.3, -0.25) is 9.59 Å². The number of ether oxygens (including phenoxy) is 1. The van der Waals surface area contributed by atoms with Crippen molar-refractivity contribution < 1.29 is 9.53 Å². The molecular weight excluding hydrogens is 302 g/mol. The van der Waals surface area contributed by atoms with Crippen molar-refractivity contribution in [3.8, 4) is 0 Å². The Hall–Kier alpha value is -1.99. The number of amides is 1. The number of hydrogen-bond acceptors (Lipinski definition) is 5. The zero-order valence-electron chi connectivity index (χ0n) is 12.2. The molecule has 1 aliphatic rings. The number of aromatic amines is 1. The molecule has 1 atom stereocenters.